The van der Waals surface area contributed by atoms with Crippen molar-refractivity contribution in [2.75, 3.05) is 11.5 Å². The molecule has 3 unspecified atom stereocenters. The first kappa shape index (κ1) is 16.9. The van der Waals surface area contributed by atoms with Gasteiger partial charge < -0.3 is 10.5 Å². The van der Waals surface area contributed by atoms with Gasteiger partial charge in [0.25, 0.3) is 0 Å². The van der Waals surface area contributed by atoms with Gasteiger partial charge in [0.2, 0.25) is 0 Å². The second-order valence-corrected chi connectivity index (χ2v) is 6.98. The van der Waals surface area contributed by atoms with Gasteiger partial charge in [0.15, 0.2) is 11.9 Å². The first-order valence-corrected chi connectivity index (χ1v) is 8.88. The molecular formula is C15H16FN7O2S. The summed E-state index contributed by atoms with van der Waals surface area (Å²) in [7, 11) is 0. The molecule has 0 spiro atoms. The van der Waals surface area contributed by atoms with Crippen molar-refractivity contribution in [3.8, 4) is 0 Å². The maximum Gasteiger partial charge on any atom is 0.351 e. The average Bonchev–Trinajstić information content (AvgIpc) is 3.20. The molecule has 4 rings (SSSR count). The van der Waals surface area contributed by atoms with Crippen LogP contribution in [0.25, 0.3) is 11.2 Å². The lowest BCUT2D eigenvalue weighted by Gasteiger charge is -2.17. The van der Waals surface area contributed by atoms with E-state index < -0.39 is 18.1 Å². The Morgan fingerprint density at radius 3 is 3.15 bits per heavy atom. The molecule has 0 radical (unpaired) electrons. The van der Waals surface area contributed by atoms with Crippen molar-refractivity contribution in [2.45, 2.75) is 31.8 Å². The molecule has 2 N–H and O–H groups in total. The molecule has 0 saturated carbocycles. The summed E-state index contributed by atoms with van der Waals surface area (Å²) in [6.07, 6.45) is 3.76. The van der Waals surface area contributed by atoms with E-state index in [0.29, 0.717) is 17.0 Å². The Hall–Kier alpha value is -2.53. The third kappa shape index (κ3) is 3.03. The first-order chi connectivity index (χ1) is 12.5. The minimum Gasteiger partial charge on any atom is -0.383 e. The molecule has 26 heavy (non-hydrogen) atoms. The highest BCUT2D eigenvalue weighted by Gasteiger charge is 2.37. The molecule has 136 valence electrons. The topological polar surface area (TPSA) is 114 Å². The molecule has 3 aromatic heterocycles. The average molecular weight is 377 g/mol. The fraction of sp³-hybridized carbons (Fsp3) is 0.400. The predicted molar refractivity (Wildman–Crippen MR) is 94.2 cm³/mol. The second kappa shape index (κ2) is 6.65. The van der Waals surface area contributed by atoms with Crippen molar-refractivity contribution in [1.82, 2.24) is 28.5 Å². The quantitative estimate of drug-likeness (QED) is 0.719. The van der Waals surface area contributed by atoms with Gasteiger partial charge in [-0.25, -0.2) is 24.1 Å². The molecule has 1 aliphatic rings. The minimum atomic E-state index is -1.30. The Kier molecular flexibility index (Phi) is 4.32. The van der Waals surface area contributed by atoms with E-state index in [1.54, 1.807) is 19.4 Å². The number of nitrogens with two attached hydrogens (primary N) is 1. The van der Waals surface area contributed by atoms with Gasteiger partial charge in [0.05, 0.1) is 12.3 Å². The molecule has 1 aliphatic heterocycles. The van der Waals surface area contributed by atoms with E-state index in [1.807, 2.05) is 3.97 Å². The van der Waals surface area contributed by atoms with Crippen LogP contribution < -0.4 is 11.4 Å². The number of aromatic nitrogens is 6. The maximum absolute atomic E-state index is 14.5. The summed E-state index contributed by atoms with van der Waals surface area (Å²) in [6, 6.07) is 0. The lowest BCUT2D eigenvalue weighted by atomic mass is 10.2. The van der Waals surface area contributed by atoms with E-state index >= 15 is 0 Å². The Balaban J connectivity index is 1.47. The fourth-order valence-electron chi connectivity index (χ4n) is 2.82. The predicted octanol–water partition coefficient (Wildman–Crippen LogP) is 1.10. The molecule has 9 nitrogen and oxygen atoms in total. The third-order valence-electron chi connectivity index (χ3n) is 4.17. The molecule has 0 amide bonds. The van der Waals surface area contributed by atoms with Crippen LogP contribution in [0.4, 0.5) is 10.2 Å². The standard InChI is InChI=1S/C15H16FN7O2S/c1-8-4-22(15(24)21-12(8)17)14-10(16)2-9(25-14)5-26-23-7-20-13-11(23)3-18-6-19-13/h3-4,6-7,9-10,14H,2,5H2,1H3,(H2,17,21,24). The highest BCUT2D eigenvalue weighted by atomic mass is 32.2. The number of anilines is 1. The smallest absolute Gasteiger partial charge is 0.351 e. The zero-order valence-corrected chi connectivity index (χ0v) is 14.6. The molecule has 3 atom stereocenters. The van der Waals surface area contributed by atoms with Gasteiger partial charge in [-0.2, -0.15) is 4.98 Å². The minimum absolute atomic E-state index is 0.140. The lowest BCUT2D eigenvalue weighted by Crippen LogP contribution is -2.31. The number of aryl methyl sites for hydroxylation is 1. The lowest BCUT2D eigenvalue weighted by molar-refractivity contribution is -0.0131. The molecule has 11 heteroatoms. The summed E-state index contributed by atoms with van der Waals surface area (Å²) < 4.78 is 23.2. The number of nitrogen functional groups attached to an aromatic ring is 1. The molecule has 0 aromatic carbocycles. The van der Waals surface area contributed by atoms with Gasteiger partial charge in [0, 0.05) is 23.9 Å². The van der Waals surface area contributed by atoms with Crippen molar-refractivity contribution < 1.29 is 9.13 Å². The Morgan fingerprint density at radius 1 is 1.46 bits per heavy atom. The molecule has 1 fully saturated rings. The number of imidazole rings is 1. The number of halogens is 1. The normalized spacial score (nSPS) is 22.9. The zero-order valence-electron chi connectivity index (χ0n) is 13.8. The first-order valence-electron chi connectivity index (χ1n) is 7.94. The van der Waals surface area contributed by atoms with Crippen molar-refractivity contribution in [2.24, 2.45) is 0 Å². The van der Waals surface area contributed by atoms with Crippen molar-refractivity contribution in [3.05, 3.63) is 41.1 Å². The van der Waals surface area contributed by atoms with Crippen molar-refractivity contribution >= 4 is 28.9 Å². The van der Waals surface area contributed by atoms with E-state index in [1.165, 1.54) is 29.0 Å². The number of hydrogen-bond donors (Lipinski definition) is 1. The molecule has 0 bridgehead atoms. The Bertz CT molecular complexity index is 1010. The van der Waals surface area contributed by atoms with Crippen LogP contribution in [0.2, 0.25) is 0 Å². The van der Waals surface area contributed by atoms with Crippen LogP contribution in [0.15, 0.2) is 29.8 Å². The van der Waals surface area contributed by atoms with Crippen LogP contribution >= 0.6 is 11.9 Å². The summed E-state index contributed by atoms with van der Waals surface area (Å²) >= 11 is 1.42. The summed E-state index contributed by atoms with van der Waals surface area (Å²) in [5, 5.41) is 0. The van der Waals surface area contributed by atoms with Crippen molar-refractivity contribution in [3.63, 3.8) is 0 Å². The largest absolute Gasteiger partial charge is 0.383 e. The highest BCUT2D eigenvalue weighted by molar-refractivity contribution is 7.98. The molecule has 1 saturated heterocycles. The van der Waals surface area contributed by atoms with E-state index in [-0.39, 0.29) is 18.3 Å². The van der Waals surface area contributed by atoms with Crippen LogP contribution in [-0.4, -0.2) is 46.5 Å². The van der Waals surface area contributed by atoms with E-state index in [9.17, 15) is 9.18 Å². The summed E-state index contributed by atoms with van der Waals surface area (Å²) in [5.41, 5.74) is 6.97. The summed E-state index contributed by atoms with van der Waals surface area (Å²) in [5.74, 6) is 0.633. The SMILES string of the molecule is Cc1cn(C2OC(CSn3cnc4ncncc43)CC2F)c(=O)nc1N. The Morgan fingerprint density at radius 2 is 2.31 bits per heavy atom. The van der Waals surface area contributed by atoms with Crippen LogP contribution in [0.3, 0.4) is 0 Å². The summed E-state index contributed by atoms with van der Waals surface area (Å²) in [4.78, 5) is 28.0. The fourth-order valence-corrected chi connectivity index (χ4v) is 3.74. The molecule has 0 aliphatic carbocycles. The summed E-state index contributed by atoms with van der Waals surface area (Å²) in [6.45, 7) is 1.71. The molecule has 3 aromatic rings. The highest BCUT2D eigenvalue weighted by Crippen LogP contribution is 2.33. The van der Waals surface area contributed by atoms with Gasteiger partial charge in [-0.1, -0.05) is 0 Å². The monoisotopic (exact) mass is 377 g/mol. The number of hydrogen-bond acceptors (Lipinski definition) is 8. The van der Waals surface area contributed by atoms with E-state index in [4.69, 9.17) is 10.5 Å². The van der Waals surface area contributed by atoms with Gasteiger partial charge in [0.1, 0.15) is 30.2 Å². The Labute approximate surface area is 151 Å². The number of ether oxygens (including phenoxy) is 1. The number of nitrogens with zero attached hydrogens (tertiary/aromatic N) is 6. The molecular weight excluding hydrogens is 361 g/mol. The van der Waals surface area contributed by atoms with Gasteiger partial charge in [-0.05, 0) is 18.9 Å². The van der Waals surface area contributed by atoms with Crippen LogP contribution in [0, 0.1) is 6.92 Å². The van der Waals surface area contributed by atoms with Crippen LogP contribution in [0.5, 0.6) is 0 Å². The maximum atomic E-state index is 14.5. The third-order valence-corrected chi connectivity index (χ3v) is 5.26. The van der Waals surface area contributed by atoms with E-state index in [0.717, 1.165) is 5.52 Å². The molecule has 4 heterocycles. The number of rotatable bonds is 4. The van der Waals surface area contributed by atoms with Crippen LogP contribution in [-0.2, 0) is 4.74 Å². The number of fused-ring (bicyclic) bond motifs is 1. The van der Waals surface area contributed by atoms with Gasteiger partial charge >= 0.3 is 5.69 Å². The number of alkyl halides is 1. The zero-order chi connectivity index (χ0) is 18.3. The van der Waals surface area contributed by atoms with Crippen LogP contribution in [0.1, 0.15) is 18.2 Å². The second-order valence-electron chi connectivity index (χ2n) is 6.00. The van der Waals surface area contributed by atoms with Gasteiger partial charge in [-0.15, -0.1) is 0 Å². The van der Waals surface area contributed by atoms with Gasteiger partial charge in [-0.3, -0.25) is 8.54 Å². The van der Waals surface area contributed by atoms with E-state index in [2.05, 4.69) is 19.9 Å². The van der Waals surface area contributed by atoms with Crippen molar-refractivity contribution in [1.29, 1.82) is 0 Å².